The molecule has 2 rings (SSSR count). The Kier molecular flexibility index (Phi) is 5.11. The minimum Gasteiger partial charge on any atom is -0.387 e. The third kappa shape index (κ3) is 4.11. The lowest BCUT2D eigenvalue weighted by Crippen LogP contribution is -2.25. The van der Waals surface area contributed by atoms with Crippen LogP contribution in [-0.2, 0) is 13.2 Å². The number of benzene rings is 1. The fourth-order valence-corrected chi connectivity index (χ4v) is 2.38. The Morgan fingerprint density at radius 3 is 2.61 bits per heavy atom. The van der Waals surface area contributed by atoms with Crippen LogP contribution >= 0.6 is 0 Å². The number of aromatic nitrogens is 2. The van der Waals surface area contributed by atoms with Crippen molar-refractivity contribution in [2.24, 2.45) is 7.05 Å². The van der Waals surface area contributed by atoms with Crippen LogP contribution in [0.25, 0.3) is 0 Å². The van der Waals surface area contributed by atoms with Gasteiger partial charge in [-0.25, -0.2) is 0 Å². The van der Waals surface area contributed by atoms with Gasteiger partial charge in [0.15, 0.2) is 0 Å². The van der Waals surface area contributed by atoms with Gasteiger partial charge >= 0.3 is 6.18 Å². The van der Waals surface area contributed by atoms with Crippen molar-refractivity contribution in [3.05, 3.63) is 52.8 Å². The maximum atomic E-state index is 12.7. The molecule has 0 amide bonds. The average Bonchev–Trinajstić information content (AvgIpc) is 2.83. The van der Waals surface area contributed by atoms with Crippen molar-refractivity contribution >= 4 is 0 Å². The number of rotatable bonds is 5. The molecule has 0 spiro atoms. The first-order valence-corrected chi connectivity index (χ1v) is 7.27. The van der Waals surface area contributed by atoms with E-state index in [1.165, 1.54) is 12.1 Å². The quantitative estimate of drug-likeness (QED) is 0.887. The van der Waals surface area contributed by atoms with Gasteiger partial charge in [0, 0.05) is 30.9 Å². The molecule has 7 heteroatoms. The lowest BCUT2D eigenvalue weighted by atomic mass is 10.0. The Morgan fingerprint density at radius 1 is 1.35 bits per heavy atom. The Labute approximate surface area is 132 Å². The van der Waals surface area contributed by atoms with Crippen LogP contribution in [0.15, 0.2) is 30.5 Å². The van der Waals surface area contributed by atoms with Gasteiger partial charge in [0.25, 0.3) is 0 Å². The molecule has 0 aliphatic rings. The van der Waals surface area contributed by atoms with Crippen molar-refractivity contribution in [3.8, 4) is 0 Å². The van der Waals surface area contributed by atoms with Crippen molar-refractivity contribution < 1.29 is 18.3 Å². The molecular formula is C16H20F3N3O. The molecule has 23 heavy (non-hydrogen) atoms. The maximum Gasteiger partial charge on any atom is 0.416 e. The lowest BCUT2D eigenvalue weighted by Gasteiger charge is -2.18. The van der Waals surface area contributed by atoms with E-state index >= 15 is 0 Å². The molecule has 4 nitrogen and oxygen atoms in total. The summed E-state index contributed by atoms with van der Waals surface area (Å²) in [6, 6.07) is 4.69. The number of alkyl halides is 3. The molecular weight excluding hydrogens is 307 g/mol. The van der Waals surface area contributed by atoms with Gasteiger partial charge < -0.3 is 10.4 Å². The van der Waals surface area contributed by atoms with Crippen LogP contribution in [-0.4, -0.2) is 21.4 Å². The fraction of sp³-hybridized carbons (Fsp3) is 0.438. The second-order valence-electron chi connectivity index (χ2n) is 5.58. The molecule has 0 saturated carbocycles. The van der Waals surface area contributed by atoms with Gasteiger partial charge in [-0.15, -0.1) is 0 Å². The molecule has 1 aromatic heterocycles. The molecule has 0 bridgehead atoms. The molecule has 126 valence electrons. The second kappa shape index (κ2) is 6.72. The molecule has 0 aliphatic heterocycles. The monoisotopic (exact) mass is 327 g/mol. The number of aliphatic hydroxyl groups is 1. The van der Waals surface area contributed by atoms with Crippen LogP contribution in [0.1, 0.15) is 41.5 Å². The normalized spacial score (nSPS) is 14.7. The summed E-state index contributed by atoms with van der Waals surface area (Å²) in [5, 5.41) is 17.4. The molecule has 0 fully saturated rings. The molecule has 1 aromatic carbocycles. The number of hydrogen-bond donors (Lipinski definition) is 2. The minimum atomic E-state index is -4.41. The third-order valence-electron chi connectivity index (χ3n) is 3.96. The molecule has 2 unspecified atom stereocenters. The van der Waals surface area contributed by atoms with Crippen LogP contribution in [0.4, 0.5) is 13.2 Å². The fourth-order valence-electron chi connectivity index (χ4n) is 2.38. The summed E-state index contributed by atoms with van der Waals surface area (Å²) < 4.78 is 39.9. The van der Waals surface area contributed by atoms with Gasteiger partial charge in [0.1, 0.15) is 0 Å². The summed E-state index contributed by atoms with van der Waals surface area (Å²) in [6.45, 7) is 4.00. The number of aliphatic hydroxyl groups excluding tert-OH is 1. The Morgan fingerprint density at radius 2 is 2.04 bits per heavy atom. The van der Waals surface area contributed by atoms with Crippen LogP contribution in [0, 0.1) is 6.92 Å². The summed E-state index contributed by atoms with van der Waals surface area (Å²) in [5.41, 5.74) is 1.47. The zero-order valence-electron chi connectivity index (χ0n) is 13.2. The van der Waals surface area contributed by atoms with Crippen LogP contribution in [0.3, 0.4) is 0 Å². The Hall–Kier alpha value is -1.86. The minimum absolute atomic E-state index is 0.0656. The molecule has 0 aliphatic carbocycles. The highest BCUT2D eigenvalue weighted by atomic mass is 19.4. The largest absolute Gasteiger partial charge is 0.416 e. The SMILES string of the molecule is Cc1c(C(C)NCC(O)c2cccc(C(F)(F)F)c2)cnn1C. The van der Waals surface area contributed by atoms with Gasteiger partial charge in [0.2, 0.25) is 0 Å². The van der Waals surface area contributed by atoms with E-state index in [9.17, 15) is 18.3 Å². The van der Waals surface area contributed by atoms with E-state index in [2.05, 4.69) is 10.4 Å². The lowest BCUT2D eigenvalue weighted by molar-refractivity contribution is -0.137. The Bertz CT molecular complexity index is 667. The predicted octanol–water partition coefficient (Wildman–Crippen LogP) is 3.13. The topological polar surface area (TPSA) is 50.1 Å². The van der Waals surface area contributed by atoms with E-state index in [0.717, 1.165) is 23.4 Å². The summed E-state index contributed by atoms with van der Waals surface area (Å²) in [4.78, 5) is 0. The maximum absolute atomic E-state index is 12.7. The van der Waals surface area contributed by atoms with E-state index < -0.39 is 17.8 Å². The number of nitrogens with zero attached hydrogens (tertiary/aromatic N) is 2. The highest BCUT2D eigenvalue weighted by Crippen LogP contribution is 2.30. The summed E-state index contributed by atoms with van der Waals surface area (Å²) >= 11 is 0. The number of aryl methyl sites for hydroxylation is 1. The summed E-state index contributed by atoms with van der Waals surface area (Å²) in [5.74, 6) is 0. The average molecular weight is 327 g/mol. The highest BCUT2D eigenvalue weighted by molar-refractivity contribution is 5.27. The van der Waals surface area contributed by atoms with Gasteiger partial charge in [-0.05, 0) is 31.5 Å². The first-order chi connectivity index (χ1) is 10.7. The summed E-state index contributed by atoms with van der Waals surface area (Å²) in [7, 11) is 1.84. The van der Waals surface area contributed by atoms with Crippen molar-refractivity contribution in [3.63, 3.8) is 0 Å². The smallest absolute Gasteiger partial charge is 0.387 e. The third-order valence-corrected chi connectivity index (χ3v) is 3.96. The Balaban J connectivity index is 2.02. The molecule has 2 N–H and O–H groups in total. The van der Waals surface area contributed by atoms with E-state index in [0.29, 0.717) is 0 Å². The number of halogens is 3. The van der Waals surface area contributed by atoms with E-state index in [1.54, 1.807) is 10.9 Å². The van der Waals surface area contributed by atoms with E-state index in [1.807, 2.05) is 20.9 Å². The van der Waals surface area contributed by atoms with Crippen LogP contribution in [0.2, 0.25) is 0 Å². The second-order valence-corrected chi connectivity index (χ2v) is 5.58. The van der Waals surface area contributed by atoms with Crippen molar-refractivity contribution in [1.29, 1.82) is 0 Å². The molecule has 2 atom stereocenters. The van der Waals surface area contributed by atoms with E-state index in [-0.39, 0.29) is 18.2 Å². The standard InChI is InChI=1S/C16H20F3N3O/c1-10(14-8-21-22(3)11(14)2)20-9-15(23)12-5-4-6-13(7-12)16(17,18)19/h4-8,10,15,20,23H,9H2,1-3H3. The molecule has 0 saturated heterocycles. The van der Waals surface area contributed by atoms with Crippen LogP contribution < -0.4 is 5.32 Å². The van der Waals surface area contributed by atoms with Gasteiger partial charge in [-0.2, -0.15) is 18.3 Å². The molecule has 0 radical (unpaired) electrons. The summed E-state index contributed by atoms with van der Waals surface area (Å²) in [6.07, 6.45) is -3.69. The van der Waals surface area contributed by atoms with Crippen molar-refractivity contribution in [2.45, 2.75) is 32.2 Å². The first-order valence-electron chi connectivity index (χ1n) is 7.27. The predicted molar refractivity (Wildman–Crippen MR) is 80.8 cm³/mol. The zero-order valence-corrected chi connectivity index (χ0v) is 13.2. The number of nitrogens with one attached hydrogen (secondary N) is 1. The zero-order chi connectivity index (χ0) is 17.2. The van der Waals surface area contributed by atoms with Crippen LogP contribution in [0.5, 0.6) is 0 Å². The van der Waals surface area contributed by atoms with Crippen molar-refractivity contribution in [1.82, 2.24) is 15.1 Å². The number of hydrogen-bond acceptors (Lipinski definition) is 3. The molecule has 1 heterocycles. The highest BCUT2D eigenvalue weighted by Gasteiger charge is 2.30. The van der Waals surface area contributed by atoms with Crippen molar-refractivity contribution in [2.75, 3.05) is 6.54 Å². The van der Waals surface area contributed by atoms with Gasteiger partial charge in [0.05, 0.1) is 17.9 Å². The van der Waals surface area contributed by atoms with Gasteiger partial charge in [-0.1, -0.05) is 12.1 Å². The van der Waals surface area contributed by atoms with E-state index in [4.69, 9.17) is 0 Å². The first kappa shape index (κ1) is 17.5. The van der Waals surface area contributed by atoms with Gasteiger partial charge in [-0.3, -0.25) is 4.68 Å². The molecule has 2 aromatic rings.